The van der Waals surface area contributed by atoms with Crippen molar-refractivity contribution in [3.8, 4) is 5.75 Å². The second-order valence-corrected chi connectivity index (χ2v) is 8.93. The number of ether oxygens (including phenoxy) is 2. The molecule has 1 amide bonds. The topological polar surface area (TPSA) is 111 Å². The maximum absolute atomic E-state index is 12.7. The molecule has 9 nitrogen and oxygen atoms in total. The van der Waals surface area contributed by atoms with Gasteiger partial charge in [-0.1, -0.05) is 24.3 Å². The molecule has 188 valence electrons. The molecular weight excluding hydrogens is 494 g/mol. The number of likely N-dealkylation sites (N-methyl/N-ethyl adjacent to an activating group) is 1. The average molecular weight is 518 g/mol. The van der Waals surface area contributed by atoms with Gasteiger partial charge in [-0.3, -0.25) is 19.8 Å². The summed E-state index contributed by atoms with van der Waals surface area (Å²) in [6.07, 6.45) is 1.78. The zero-order valence-corrected chi connectivity index (χ0v) is 20.9. The van der Waals surface area contributed by atoms with Crippen LogP contribution in [0.1, 0.15) is 28.4 Å². The van der Waals surface area contributed by atoms with Crippen molar-refractivity contribution in [2.75, 3.05) is 13.7 Å². The molecule has 0 saturated carbocycles. The molecule has 0 radical (unpaired) electrons. The van der Waals surface area contributed by atoms with E-state index in [9.17, 15) is 19.7 Å². The van der Waals surface area contributed by atoms with Gasteiger partial charge in [-0.05, 0) is 72.3 Å². The summed E-state index contributed by atoms with van der Waals surface area (Å²) in [7, 11) is 1.66. The van der Waals surface area contributed by atoms with Crippen molar-refractivity contribution in [3.63, 3.8) is 0 Å². The number of aliphatic imine (C=N–C) groups is 1. The molecule has 0 aromatic heterocycles. The quantitative estimate of drug-likeness (QED) is 0.166. The smallest absolute Gasteiger partial charge is 0.338 e. The van der Waals surface area contributed by atoms with Crippen molar-refractivity contribution in [2.45, 2.75) is 13.5 Å². The number of esters is 1. The van der Waals surface area contributed by atoms with Crippen LogP contribution in [-0.2, 0) is 16.1 Å². The van der Waals surface area contributed by atoms with E-state index in [-0.39, 0.29) is 18.2 Å². The molecule has 37 heavy (non-hydrogen) atoms. The van der Waals surface area contributed by atoms with Gasteiger partial charge in [-0.15, -0.1) is 0 Å². The summed E-state index contributed by atoms with van der Waals surface area (Å²) < 4.78 is 10.7. The first-order valence-electron chi connectivity index (χ1n) is 11.3. The number of non-ortho nitro benzene ring substituents is 1. The number of hydrogen-bond acceptors (Lipinski definition) is 8. The summed E-state index contributed by atoms with van der Waals surface area (Å²) >= 11 is 1.26. The highest BCUT2D eigenvalue weighted by molar-refractivity contribution is 8.18. The number of amidine groups is 1. The number of rotatable bonds is 8. The minimum Gasteiger partial charge on any atom is -0.489 e. The van der Waals surface area contributed by atoms with Crippen molar-refractivity contribution < 1.29 is 24.0 Å². The largest absolute Gasteiger partial charge is 0.489 e. The first-order valence-corrected chi connectivity index (χ1v) is 12.2. The van der Waals surface area contributed by atoms with Crippen LogP contribution in [0.4, 0.5) is 11.4 Å². The normalized spacial score (nSPS) is 15.3. The first-order chi connectivity index (χ1) is 17.8. The summed E-state index contributed by atoms with van der Waals surface area (Å²) in [5, 5.41) is 11.4. The summed E-state index contributed by atoms with van der Waals surface area (Å²) in [6, 6.07) is 20.2. The van der Waals surface area contributed by atoms with Gasteiger partial charge in [-0.25, -0.2) is 9.79 Å². The minimum atomic E-state index is -0.441. The SMILES string of the molecule is CCOC(=O)c1ccc(N=C2S/C(=C\c3ccc(OCc4cccc([N+](=O)[O-])c4)cc3)C(=O)N2C)cc1. The third kappa shape index (κ3) is 6.42. The van der Waals surface area contributed by atoms with Gasteiger partial charge < -0.3 is 9.47 Å². The molecule has 1 heterocycles. The monoisotopic (exact) mass is 517 g/mol. The number of hydrogen-bond donors (Lipinski definition) is 0. The van der Waals surface area contributed by atoms with Crippen molar-refractivity contribution in [3.05, 3.63) is 105 Å². The number of benzene rings is 3. The predicted molar refractivity (Wildman–Crippen MR) is 142 cm³/mol. The van der Waals surface area contributed by atoms with Crippen LogP contribution < -0.4 is 4.74 Å². The molecule has 0 atom stereocenters. The van der Waals surface area contributed by atoms with Gasteiger partial charge in [0, 0.05) is 19.2 Å². The summed E-state index contributed by atoms with van der Waals surface area (Å²) in [5.74, 6) is 0.0394. The highest BCUT2D eigenvalue weighted by Gasteiger charge is 2.30. The Bertz CT molecular complexity index is 1380. The zero-order chi connectivity index (χ0) is 26.4. The maximum atomic E-state index is 12.7. The van der Waals surface area contributed by atoms with Gasteiger partial charge in [-0.2, -0.15) is 0 Å². The van der Waals surface area contributed by atoms with E-state index in [1.54, 1.807) is 68.6 Å². The molecule has 1 saturated heterocycles. The lowest BCUT2D eigenvalue weighted by Gasteiger charge is -2.07. The molecule has 3 aromatic carbocycles. The summed E-state index contributed by atoms with van der Waals surface area (Å²) in [5.41, 5.74) is 2.57. The highest BCUT2D eigenvalue weighted by atomic mass is 32.2. The van der Waals surface area contributed by atoms with Crippen LogP contribution in [-0.4, -0.2) is 40.5 Å². The Labute approximate surface area is 217 Å². The van der Waals surface area contributed by atoms with E-state index in [1.807, 2.05) is 12.1 Å². The standard InChI is InChI=1S/C27H23N3O6S/c1-3-35-26(32)20-9-11-21(12-10-20)28-27-29(2)25(31)24(37-27)16-18-7-13-23(14-8-18)36-17-19-5-4-6-22(15-19)30(33)34/h4-16H,3,17H2,1-2H3/b24-16-,28-27?. The molecule has 0 spiro atoms. The van der Waals surface area contributed by atoms with E-state index in [2.05, 4.69) is 4.99 Å². The third-order valence-electron chi connectivity index (χ3n) is 5.31. The first kappa shape index (κ1) is 25.6. The molecule has 0 aliphatic carbocycles. The lowest BCUT2D eigenvalue weighted by atomic mass is 10.2. The maximum Gasteiger partial charge on any atom is 0.338 e. The lowest BCUT2D eigenvalue weighted by Crippen LogP contribution is -2.23. The fourth-order valence-electron chi connectivity index (χ4n) is 3.39. The number of nitrogens with zero attached hydrogens (tertiary/aromatic N) is 3. The van der Waals surface area contributed by atoms with Gasteiger partial charge in [0.15, 0.2) is 5.17 Å². The molecule has 10 heteroatoms. The minimum absolute atomic E-state index is 0.0170. The fourth-order valence-corrected chi connectivity index (χ4v) is 4.37. The molecule has 1 fully saturated rings. The average Bonchev–Trinajstić information content (AvgIpc) is 3.16. The van der Waals surface area contributed by atoms with Crippen LogP contribution in [0, 0.1) is 10.1 Å². The molecular formula is C27H23N3O6S. The van der Waals surface area contributed by atoms with Crippen molar-refractivity contribution in [1.82, 2.24) is 4.90 Å². The number of carbonyl (C=O) groups excluding carboxylic acids is 2. The Kier molecular flexibility index (Phi) is 7.99. The molecule has 0 bridgehead atoms. The van der Waals surface area contributed by atoms with Crippen molar-refractivity contribution in [2.24, 2.45) is 4.99 Å². The van der Waals surface area contributed by atoms with Crippen LogP contribution in [0.5, 0.6) is 5.75 Å². The zero-order valence-electron chi connectivity index (χ0n) is 20.1. The van der Waals surface area contributed by atoms with E-state index in [4.69, 9.17) is 9.47 Å². The molecule has 4 rings (SSSR count). The fraction of sp³-hybridized carbons (Fsp3) is 0.148. The van der Waals surface area contributed by atoms with E-state index < -0.39 is 10.9 Å². The number of amides is 1. The van der Waals surface area contributed by atoms with Crippen LogP contribution >= 0.6 is 11.8 Å². The van der Waals surface area contributed by atoms with E-state index in [0.29, 0.717) is 39.2 Å². The number of carbonyl (C=O) groups is 2. The second-order valence-electron chi connectivity index (χ2n) is 7.92. The Balaban J connectivity index is 1.41. The summed E-state index contributed by atoms with van der Waals surface area (Å²) in [6.45, 7) is 2.25. The van der Waals surface area contributed by atoms with Gasteiger partial charge in [0.05, 0.1) is 27.7 Å². The van der Waals surface area contributed by atoms with Gasteiger partial charge >= 0.3 is 5.97 Å². The highest BCUT2D eigenvalue weighted by Crippen LogP contribution is 2.33. The number of nitro benzene ring substituents is 1. The van der Waals surface area contributed by atoms with Gasteiger partial charge in [0.1, 0.15) is 12.4 Å². The van der Waals surface area contributed by atoms with Crippen LogP contribution in [0.25, 0.3) is 6.08 Å². The van der Waals surface area contributed by atoms with E-state index in [0.717, 1.165) is 5.56 Å². The van der Waals surface area contributed by atoms with Crippen LogP contribution in [0.15, 0.2) is 82.7 Å². The molecule has 0 N–H and O–H groups in total. The molecule has 3 aromatic rings. The Morgan fingerprint density at radius 2 is 1.84 bits per heavy atom. The third-order valence-corrected chi connectivity index (χ3v) is 6.37. The van der Waals surface area contributed by atoms with Crippen LogP contribution in [0.3, 0.4) is 0 Å². The van der Waals surface area contributed by atoms with E-state index >= 15 is 0 Å². The van der Waals surface area contributed by atoms with Crippen molar-refractivity contribution in [1.29, 1.82) is 0 Å². The van der Waals surface area contributed by atoms with Gasteiger partial charge in [0.2, 0.25) is 0 Å². The molecule has 1 aliphatic rings. The Morgan fingerprint density at radius 3 is 2.51 bits per heavy atom. The number of nitro groups is 1. The van der Waals surface area contributed by atoms with Crippen LogP contribution in [0.2, 0.25) is 0 Å². The lowest BCUT2D eigenvalue weighted by molar-refractivity contribution is -0.384. The Morgan fingerprint density at radius 1 is 1.11 bits per heavy atom. The number of thioether (sulfide) groups is 1. The van der Waals surface area contributed by atoms with E-state index in [1.165, 1.54) is 28.8 Å². The van der Waals surface area contributed by atoms with Crippen molar-refractivity contribution >= 4 is 46.3 Å². The molecule has 1 aliphatic heterocycles. The van der Waals surface area contributed by atoms with Gasteiger partial charge in [0.25, 0.3) is 11.6 Å². The summed E-state index contributed by atoms with van der Waals surface area (Å²) in [4.78, 5) is 41.6. The second kappa shape index (κ2) is 11.5. The molecule has 0 unspecified atom stereocenters. The predicted octanol–water partition coefficient (Wildman–Crippen LogP) is 5.58. The Hall–Kier alpha value is -4.44.